The Labute approximate surface area is 255 Å². The highest BCUT2D eigenvalue weighted by molar-refractivity contribution is 7.95. The summed E-state index contributed by atoms with van der Waals surface area (Å²) < 4.78 is 28.1. The molecular formula is C30H38N4O9S. The number of carbonyl (C=O) groups is 5. The first kappa shape index (κ1) is 35.8. The quantitative estimate of drug-likeness (QED) is 0.198. The fourth-order valence-corrected chi connectivity index (χ4v) is 5.54. The number of rotatable bonds is 14. The van der Waals surface area contributed by atoms with Gasteiger partial charge in [-0.2, -0.15) is 0 Å². The number of amides is 3. The lowest BCUT2D eigenvalue weighted by Crippen LogP contribution is -2.56. The Morgan fingerprint density at radius 2 is 1.50 bits per heavy atom. The number of ketones is 1. The summed E-state index contributed by atoms with van der Waals surface area (Å²) in [6, 6.07) is 8.26. The number of allylic oxidation sites excluding steroid dienone is 1. The largest absolute Gasteiger partial charge is 0.508 e. The van der Waals surface area contributed by atoms with Crippen LogP contribution in [-0.2, 0) is 40.2 Å². The molecule has 2 aromatic carbocycles. The summed E-state index contributed by atoms with van der Waals surface area (Å²) >= 11 is 0. The van der Waals surface area contributed by atoms with Gasteiger partial charge in [-0.1, -0.05) is 44.2 Å². The SMILES string of the molecule is CC(=O)C(/C=C(\N(C(=O)[C@H](C)NC(=O)[C@@H](N)C(C)C)C(=O)[C@@H](N)Cc1ccc(O)cc1)S(=O)(=O)c1ccccc1)CC(=O)O. The van der Waals surface area contributed by atoms with E-state index in [2.05, 4.69) is 5.32 Å². The van der Waals surface area contributed by atoms with Gasteiger partial charge in [-0.05, 0) is 62.1 Å². The van der Waals surface area contributed by atoms with Gasteiger partial charge in [-0.25, -0.2) is 13.3 Å². The number of Topliss-reactive ketones (excluding diaryl/α,β-unsaturated/α-hetero) is 1. The molecule has 2 aromatic rings. The molecule has 14 heteroatoms. The van der Waals surface area contributed by atoms with Crippen LogP contribution in [0.5, 0.6) is 5.75 Å². The van der Waals surface area contributed by atoms with Crippen LogP contribution in [0.15, 0.2) is 70.6 Å². The molecule has 0 aliphatic carbocycles. The normalized spacial score (nSPS) is 14.7. The van der Waals surface area contributed by atoms with Crippen LogP contribution in [0.25, 0.3) is 0 Å². The topological polar surface area (TPSA) is 227 Å². The molecule has 3 amide bonds. The molecular weight excluding hydrogens is 592 g/mol. The predicted octanol–water partition coefficient (Wildman–Crippen LogP) is 1.10. The molecule has 0 aliphatic heterocycles. The zero-order valence-electron chi connectivity index (χ0n) is 24.8. The molecule has 44 heavy (non-hydrogen) atoms. The Kier molecular flexibility index (Phi) is 12.5. The van der Waals surface area contributed by atoms with Crippen LogP contribution in [0.1, 0.15) is 39.7 Å². The van der Waals surface area contributed by atoms with Crippen molar-refractivity contribution in [2.45, 2.75) is 63.6 Å². The standard InChI is InChI=1S/C30H38N4O9S/c1-17(2)27(32)28(39)33-18(3)29(40)34(30(41)24(31)14-20-10-12-22(36)13-11-20)25(15-21(19(4)35)16-26(37)38)44(42,43)23-8-6-5-7-9-23/h5-13,15,17-18,21,24,27,36H,14,16,31-32H2,1-4H3,(H,33,39)(H,37,38)/b25-15+/t18-,21?,24-,27-/m0/s1. The number of sulfone groups is 1. The third-order valence-electron chi connectivity index (χ3n) is 6.71. The van der Waals surface area contributed by atoms with Gasteiger partial charge >= 0.3 is 5.97 Å². The van der Waals surface area contributed by atoms with Gasteiger partial charge in [0.2, 0.25) is 15.7 Å². The molecule has 0 aliphatic rings. The van der Waals surface area contributed by atoms with E-state index in [-0.39, 0.29) is 27.9 Å². The van der Waals surface area contributed by atoms with Crippen LogP contribution in [0.4, 0.5) is 0 Å². The van der Waals surface area contributed by atoms with Crippen LogP contribution >= 0.6 is 0 Å². The Bertz CT molecular complexity index is 1510. The van der Waals surface area contributed by atoms with E-state index >= 15 is 0 Å². The lowest BCUT2D eigenvalue weighted by Gasteiger charge is -2.30. The molecule has 0 radical (unpaired) electrons. The van der Waals surface area contributed by atoms with E-state index < -0.39 is 74.8 Å². The molecule has 4 atom stereocenters. The average molecular weight is 631 g/mol. The summed E-state index contributed by atoms with van der Waals surface area (Å²) in [6.45, 7) is 5.60. The number of nitrogens with one attached hydrogen (secondary N) is 1. The monoisotopic (exact) mass is 630 g/mol. The molecule has 0 heterocycles. The van der Waals surface area contributed by atoms with E-state index in [4.69, 9.17) is 11.5 Å². The number of aromatic hydroxyl groups is 1. The summed E-state index contributed by atoms with van der Waals surface area (Å²) in [5.41, 5.74) is 12.6. The molecule has 238 valence electrons. The maximum atomic E-state index is 14.0. The lowest BCUT2D eigenvalue weighted by molar-refractivity contribution is -0.145. The van der Waals surface area contributed by atoms with Gasteiger partial charge in [0.05, 0.1) is 23.4 Å². The average Bonchev–Trinajstić information content (AvgIpc) is 2.96. The number of carbonyl (C=O) groups excluding carboxylic acids is 4. The van der Waals surface area contributed by atoms with Gasteiger partial charge in [-0.3, -0.25) is 24.0 Å². The number of carboxylic acid groups (broad SMARTS) is 1. The molecule has 0 fully saturated rings. The Morgan fingerprint density at radius 3 is 2.00 bits per heavy atom. The van der Waals surface area contributed by atoms with Crippen LogP contribution in [0, 0.1) is 11.8 Å². The van der Waals surface area contributed by atoms with Gasteiger partial charge in [0.25, 0.3) is 11.8 Å². The number of hydrogen-bond donors (Lipinski definition) is 5. The summed E-state index contributed by atoms with van der Waals surface area (Å²) in [5.74, 6) is -7.29. The fourth-order valence-electron chi connectivity index (χ4n) is 4.02. The minimum Gasteiger partial charge on any atom is -0.508 e. The van der Waals surface area contributed by atoms with Crippen molar-refractivity contribution in [3.63, 3.8) is 0 Å². The smallest absolute Gasteiger partial charge is 0.304 e. The predicted molar refractivity (Wildman–Crippen MR) is 160 cm³/mol. The molecule has 1 unspecified atom stereocenters. The van der Waals surface area contributed by atoms with Crippen LogP contribution in [0.2, 0.25) is 0 Å². The zero-order chi connectivity index (χ0) is 33.4. The second-order valence-electron chi connectivity index (χ2n) is 10.6. The third-order valence-corrected chi connectivity index (χ3v) is 8.47. The van der Waals surface area contributed by atoms with E-state index in [9.17, 15) is 42.6 Å². The van der Waals surface area contributed by atoms with Crippen molar-refractivity contribution >= 4 is 39.3 Å². The van der Waals surface area contributed by atoms with E-state index in [0.717, 1.165) is 13.0 Å². The van der Waals surface area contributed by atoms with E-state index in [1.54, 1.807) is 13.8 Å². The Balaban J connectivity index is 2.79. The second-order valence-corrected chi connectivity index (χ2v) is 12.5. The van der Waals surface area contributed by atoms with Gasteiger partial charge in [0.15, 0.2) is 0 Å². The van der Waals surface area contributed by atoms with Crippen molar-refractivity contribution in [3.05, 3.63) is 71.3 Å². The summed E-state index contributed by atoms with van der Waals surface area (Å²) in [7, 11) is -4.78. The van der Waals surface area contributed by atoms with E-state index in [0.29, 0.717) is 5.56 Å². The first-order valence-electron chi connectivity index (χ1n) is 13.7. The number of carboxylic acids is 1. The molecule has 2 rings (SSSR count). The number of nitrogens with two attached hydrogens (primary N) is 2. The van der Waals surface area contributed by atoms with Crippen LogP contribution in [0.3, 0.4) is 0 Å². The highest BCUT2D eigenvalue weighted by Crippen LogP contribution is 2.27. The first-order chi connectivity index (χ1) is 20.5. The third kappa shape index (κ3) is 9.30. The summed E-state index contributed by atoms with van der Waals surface area (Å²) in [6.07, 6.45) is -0.295. The van der Waals surface area contributed by atoms with Gasteiger partial charge < -0.3 is 27.0 Å². The minimum atomic E-state index is -4.78. The van der Waals surface area contributed by atoms with Crippen molar-refractivity contribution in [3.8, 4) is 5.75 Å². The fraction of sp³-hybridized carbons (Fsp3) is 0.367. The van der Waals surface area contributed by atoms with Crippen LogP contribution < -0.4 is 16.8 Å². The van der Waals surface area contributed by atoms with Crippen molar-refractivity contribution in [1.29, 1.82) is 0 Å². The lowest BCUT2D eigenvalue weighted by atomic mass is 10.0. The molecule has 0 aromatic heterocycles. The highest BCUT2D eigenvalue weighted by Gasteiger charge is 2.40. The van der Waals surface area contributed by atoms with Crippen molar-refractivity contribution in [1.82, 2.24) is 10.2 Å². The van der Waals surface area contributed by atoms with E-state index in [1.807, 2.05) is 0 Å². The maximum Gasteiger partial charge on any atom is 0.304 e. The van der Waals surface area contributed by atoms with Crippen molar-refractivity contribution < 1.29 is 42.6 Å². The number of phenols is 1. The minimum absolute atomic E-state index is 0.0532. The molecule has 7 N–H and O–H groups in total. The molecule has 0 saturated heterocycles. The number of nitrogens with zero attached hydrogens (tertiary/aromatic N) is 1. The number of benzene rings is 2. The number of aliphatic carboxylic acids is 1. The molecule has 13 nitrogen and oxygen atoms in total. The van der Waals surface area contributed by atoms with Crippen LogP contribution in [-0.4, -0.2) is 71.1 Å². The molecule has 0 saturated carbocycles. The van der Waals surface area contributed by atoms with Gasteiger partial charge in [0, 0.05) is 5.92 Å². The summed E-state index contributed by atoms with van der Waals surface area (Å²) in [5, 5.41) is 20.4. The number of phenolic OH excluding ortho intramolecular Hbond substituents is 1. The van der Waals surface area contributed by atoms with Crippen molar-refractivity contribution in [2.75, 3.05) is 0 Å². The highest BCUT2D eigenvalue weighted by atomic mass is 32.2. The first-order valence-corrected chi connectivity index (χ1v) is 15.2. The summed E-state index contributed by atoms with van der Waals surface area (Å²) in [4.78, 5) is 64.6. The number of hydrogen-bond acceptors (Lipinski definition) is 10. The Morgan fingerprint density at radius 1 is 0.932 bits per heavy atom. The number of imide groups is 1. The van der Waals surface area contributed by atoms with Gasteiger partial charge in [-0.15, -0.1) is 0 Å². The molecule has 0 spiro atoms. The Hall–Kier alpha value is -4.40. The molecule has 0 bridgehead atoms. The zero-order valence-corrected chi connectivity index (χ0v) is 25.7. The second kappa shape index (κ2) is 15.4. The van der Waals surface area contributed by atoms with Gasteiger partial charge in [0.1, 0.15) is 22.6 Å². The van der Waals surface area contributed by atoms with E-state index in [1.165, 1.54) is 61.5 Å². The van der Waals surface area contributed by atoms with Crippen molar-refractivity contribution in [2.24, 2.45) is 23.3 Å². The maximum absolute atomic E-state index is 14.0.